The van der Waals surface area contributed by atoms with E-state index >= 15 is 0 Å². The molecular weight excluding hydrogens is 286 g/mol. The van der Waals surface area contributed by atoms with Gasteiger partial charge >= 0.3 is 0 Å². The van der Waals surface area contributed by atoms with Crippen molar-refractivity contribution >= 4 is 22.7 Å². The van der Waals surface area contributed by atoms with Crippen molar-refractivity contribution in [2.75, 3.05) is 0 Å². The number of nitrogens with one attached hydrogen (secondary N) is 1. The Balaban J connectivity index is 1.90. The molecule has 0 aliphatic carbocycles. The maximum atomic E-state index is 3.57. The fourth-order valence-corrected chi connectivity index (χ4v) is 3.71. The van der Waals surface area contributed by atoms with E-state index in [-0.39, 0.29) is 0 Å². The van der Waals surface area contributed by atoms with Crippen molar-refractivity contribution in [1.82, 2.24) is 4.98 Å². The van der Waals surface area contributed by atoms with Crippen LogP contribution in [0.15, 0.2) is 94.9 Å². The van der Waals surface area contributed by atoms with Gasteiger partial charge in [0.1, 0.15) is 0 Å². The predicted octanol–water partition coefficient (Wildman–Crippen LogP) is 5.99. The van der Waals surface area contributed by atoms with Gasteiger partial charge in [-0.3, -0.25) is 0 Å². The molecule has 0 aliphatic rings. The van der Waals surface area contributed by atoms with Crippen molar-refractivity contribution in [2.45, 2.75) is 9.92 Å². The van der Waals surface area contributed by atoms with Crippen LogP contribution >= 0.6 is 11.8 Å². The zero-order valence-corrected chi connectivity index (χ0v) is 12.8. The first-order valence-electron chi connectivity index (χ1n) is 7.31. The van der Waals surface area contributed by atoms with Crippen LogP contribution in [-0.2, 0) is 0 Å². The lowest BCUT2D eigenvalue weighted by atomic mass is 10.1. The van der Waals surface area contributed by atoms with Crippen LogP contribution in [0.25, 0.3) is 22.0 Å². The molecule has 4 aromatic rings. The van der Waals surface area contributed by atoms with E-state index in [9.17, 15) is 0 Å². The lowest BCUT2D eigenvalue weighted by Crippen LogP contribution is -1.79. The van der Waals surface area contributed by atoms with Crippen molar-refractivity contribution in [2.24, 2.45) is 0 Å². The van der Waals surface area contributed by atoms with E-state index in [2.05, 4.69) is 83.8 Å². The van der Waals surface area contributed by atoms with Crippen LogP contribution in [0.5, 0.6) is 0 Å². The minimum Gasteiger partial charge on any atom is -0.349 e. The average molecular weight is 301 g/mol. The van der Waals surface area contributed by atoms with Crippen molar-refractivity contribution in [3.05, 3.63) is 84.9 Å². The van der Waals surface area contributed by atoms with Gasteiger partial charge in [0.25, 0.3) is 0 Å². The Morgan fingerprint density at radius 1 is 0.636 bits per heavy atom. The number of fused-ring (bicyclic) bond motifs is 1. The molecule has 0 atom stereocenters. The highest BCUT2D eigenvalue weighted by Gasteiger charge is 2.13. The molecule has 0 bridgehead atoms. The van der Waals surface area contributed by atoms with Crippen LogP contribution < -0.4 is 0 Å². The molecule has 0 fully saturated rings. The number of para-hydroxylation sites is 1. The largest absolute Gasteiger partial charge is 0.349 e. The van der Waals surface area contributed by atoms with Crippen LogP contribution in [0.4, 0.5) is 0 Å². The predicted molar refractivity (Wildman–Crippen MR) is 94.3 cm³/mol. The summed E-state index contributed by atoms with van der Waals surface area (Å²) in [7, 11) is 0. The topological polar surface area (TPSA) is 15.8 Å². The van der Waals surface area contributed by atoms with Gasteiger partial charge in [0.05, 0.1) is 5.03 Å². The summed E-state index contributed by atoms with van der Waals surface area (Å²) in [6.07, 6.45) is 0. The normalized spacial score (nSPS) is 10.9. The van der Waals surface area contributed by atoms with Crippen LogP contribution in [-0.4, -0.2) is 4.98 Å². The molecule has 1 nitrogen and oxygen atoms in total. The molecule has 0 spiro atoms. The second-order valence-corrected chi connectivity index (χ2v) is 6.24. The molecule has 22 heavy (non-hydrogen) atoms. The van der Waals surface area contributed by atoms with Crippen LogP contribution in [0, 0.1) is 0 Å². The molecule has 0 saturated heterocycles. The Labute approximate surface area is 134 Å². The lowest BCUT2D eigenvalue weighted by Gasteiger charge is -2.05. The smallest absolute Gasteiger partial charge is 0.0860 e. The van der Waals surface area contributed by atoms with Crippen LogP contribution in [0.3, 0.4) is 0 Å². The number of H-pyrrole nitrogens is 1. The molecule has 106 valence electrons. The van der Waals surface area contributed by atoms with Gasteiger partial charge in [0.15, 0.2) is 0 Å². The maximum absolute atomic E-state index is 3.57. The lowest BCUT2D eigenvalue weighted by molar-refractivity contribution is 1.23. The molecule has 3 aromatic carbocycles. The molecule has 1 heterocycles. The summed E-state index contributed by atoms with van der Waals surface area (Å²) in [5, 5.41) is 2.46. The molecule has 0 radical (unpaired) electrons. The third-order valence-corrected chi connectivity index (χ3v) is 4.72. The molecular formula is C20H15NS. The number of hydrogen-bond acceptors (Lipinski definition) is 1. The Bertz CT molecular complexity index is 895. The van der Waals surface area contributed by atoms with E-state index in [4.69, 9.17) is 0 Å². The third kappa shape index (κ3) is 2.42. The highest BCUT2D eigenvalue weighted by Crippen LogP contribution is 2.40. The van der Waals surface area contributed by atoms with Crippen molar-refractivity contribution in [1.29, 1.82) is 0 Å². The van der Waals surface area contributed by atoms with Crippen molar-refractivity contribution in [3.8, 4) is 11.1 Å². The Morgan fingerprint density at radius 3 is 2.05 bits per heavy atom. The van der Waals surface area contributed by atoms with Crippen LogP contribution in [0.2, 0.25) is 0 Å². The van der Waals surface area contributed by atoms with Gasteiger partial charge in [0, 0.05) is 21.4 Å². The molecule has 0 aliphatic heterocycles. The third-order valence-electron chi connectivity index (χ3n) is 3.70. The fourth-order valence-electron chi connectivity index (χ4n) is 2.69. The van der Waals surface area contributed by atoms with Gasteiger partial charge in [-0.05, 0) is 23.8 Å². The SMILES string of the molecule is c1ccc(Sc2[nH]c3ccccc3c2-c2ccccc2)cc1. The molecule has 2 heteroatoms. The summed E-state index contributed by atoms with van der Waals surface area (Å²) in [5.74, 6) is 0. The quantitative estimate of drug-likeness (QED) is 0.491. The summed E-state index contributed by atoms with van der Waals surface area (Å²) < 4.78 is 0. The summed E-state index contributed by atoms with van der Waals surface area (Å²) in [5.41, 5.74) is 3.71. The molecule has 0 amide bonds. The fraction of sp³-hybridized carbons (Fsp3) is 0. The van der Waals surface area contributed by atoms with Crippen molar-refractivity contribution in [3.63, 3.8) is 0 Å². The Hall–Kier alpha value is -2.45. The first-order valence-corrected chi connectivity index (χ1v) is 8.12. The number of benzene rings is 3. The number of aromatic amines is 1. The molecule has 1 aromatic heterocycles. The van der Waals surface area contributed by atoms with Crippen molar-refractivity contribution < 1.29 is 0 Å². The van der Waals surface area contributed by atoms with E-state index in [1.54, 1.807) is 11.8 Å². The molecule has 1 N–H and O–H groups in total. The van der Waals surface area contributed by atoms with Crippen LogP contribution in [0.1, 0.15) is 0 Å². The monoisotopic (exact) mass is 301 g/mol. The highest BCUT2D eigenvalue weighted by atomic mass is 32.2. The van der Waals surface area contributed by atoms with Gasteiger partial charge in [-0.2, -0.15) is 0 Å². The molecule has 0 unspecified atom stereocenters. The second-order valence-electron chi connectivity index (χ2n) is 5.16. The zero-order chi connectivity index (χ0) is 14.8. The summed E-state index contributed by atoms with van der Waals surface area (Å²) >= 11 is 1.78. The van der Waals surface area contributed by atoms with E-state index in [0.717, 1.165) is 0 Å². The number of hydrogen-bond donors (Lipinski definition) is 1. The van der Waals surface area contributed by atoms with E-state index < -0.39 is 0 Å². The Morgan fingerprint density at radius 2 is 1.27 bits per heavy atom. The number of rotatable bonds is 3. The summed E-state index contributed by atoms with van der Waals surface area (Å²) in [6.45, 7) is 0. The van der Waals surface area contributed by atoms with Gasteiger partial charge in [0.2, 0.25) is 0 Å². The standard InChI is InChI=1S/C20H15NS/c1-3-9-15(10-4-1)19-17-13-7-8-14-18(17)21-20(19)22-16-11-5-2-6-12-16/h1-14,21H. The first-order chi connectivity index (χ1) is 10.9. The second kappa shape index (κ2) is 5.74. The minimum atomic E-state index is 1.18. The average Bonchev–Trinajstić information content (AvgIpc) is 2.94. The van der Waals surface area contributed by atoms with Gasteiger partial charge in [-0.1, -0.05) is 78.5 Å². The Kier molecular flexibility index (Phi) is 3.45. The van der Waals surface area contributed by atoms with E-state index in [1.165, 1.54) is 32.0 Å². The summed E-state index contributed by atoms with van der Waals surface area (Å²) in [4.78, 5) is 4.82. The van der Waals surface area contributed by atoms with Gasteiger partial charge in [-0.15, -0.1) is 0 Å². The minimum absolute atomic E-state index is 1.18. The molecule has 0 saturated carbocycles. The van der Waals surface area contributed by atoms with Gasteiger partial charge in [-0.25, -0.2) is 0 Å². The first kappa shape index (κ1) is 13.2. The van der Waals surface area contributed by atoms with E-state index in [1.807, 2.05) is 6.07 Å². The van der Waals surface area contributed by atoms with Gasteiger partial charge < -0.3 is 4.98 Å². The van der Waals surface area contributed by atoms with E-state index in [0.29, 0.717) is 0 Å². The molecule has 4 rings (SSSR count). The highest BCUT2D eigenvalue weighted by molar-refractivity contribution is 7.99. The zero-order valence-electron chi connectivity index (χ0n) is 12.0. The summed E-state index contributed by atoms with van der Waals surface area (Å²) in [6, 6.07) is 29.6. The number of aromatic nitrogens is 1. The maximum Gasteiger partial charge on any atom is 0.0860 e.